The van der Waals surface area contributed by atoms with Gasteiger partial charge in [-0.25, -0.2) is 9.69 Å². The summed E-state index contributed by atoms with van der Waals surface area (Å²) in [6.07, 6.45) is 3.52. The van der Waals surface area contributed by atoms with E-state index in [9.17, 15) is 14.4 Å². The van der Waals surface area contributed by atoms with Gasteiger partial charge in [0.05, 0.1) is 23.1 Å². The second kappa shape index (κ2) is 6.75. The van der Waals surface area contributed by atoms with Crippen LogP contribution in [-0.4, -0.2) is 17.8 Å². The molecule has 0 bridgehead atoms. The fraction of sp³-hybridized carbons (Fsp3) is 0.286. The second-order valence-corrected chi connectivity index (χ2v) is 6.76. The van der Waals surface area contributed by atoms with E-state index in [4.69, 9.17) is 4.74 Å². The highest BCUT2D eigenvalue weighted by molar-refractivity contribution is 6.22. The number of carbonyl (C=O) groups excluding carboxylic acids is 3. The van der Waals surface area contributed by atoms with Gasteiger partial charge in [-0.15, -0.1) is 0 Å². The van der Waals surface area contributed by atoms with Gasteiger partial charge in [-0.05, 0) is 37.1 Å². The van der Waals surface area contributed by atoms with Crippen LogP contribution in [0.2, 0.25) is 0 Å². The number of benzene rings is 2. The number of rotatable bonds is 3. The Kier molecular flexibility index (Phi) is 4.29. The summed E-state index contributed by atoms with van der Waals surface area (Å²) in [6.45, 7) is 0. The molecule has 1 aliphatic carbocycles. The Labute approximate surface area is 151 Å². The summed E-state index contributed by atoms with van der Waals surface area (Å²) in [7, 11) is 0. The molecule has 5 nitrogen and oxygen atoms in total. The number of carbonyl (C=O) groups is 3. The van der Waals surface area contributed by atoms with E-state index >= 15 is 0 Å². The van der Waals surface area contributed by atoms with Crippen molar-refractivity contribution < 1.29 is 19.1 Å². The zero-order chi connectivity index (χ0) is 18.1. The van der Waals surface area contributed by atoms with Crippen LogP contribution in [0, 0.1) is 11.8 Å². The van der Waals surface area contributed by atoms with Crippen LogP contribution in [0.15, 0.2) is 54.6 Å². The molecule has 0 spiro atoms. The molecule has 2 fully saturated rings. The van der Waals surface area contributed by atoms with Crippen molar-refractivity contribution in [3.63, 3.8) is 0 Å². The molecule has 2 atom stereocenters. The highest BCUT2D eigenvalue weighted by Gasteiger charge is 2.48. The zero-order valence-corrected chi connectivity index (χ0v) is 14.3. The van der Waals surface area contributed by atoms with Gasteiger partial charge in [-0.2, -0.15) is 0 Å². The molecule has 2 aromatic carbocycles. The van der Waals surface area contributed by atoms with Crippen LogP contribution in [0.25, 0.3) is 0 Å². The van der Waals surface area contributed by atoms with Crippen LogP contribution in [0.1, 0.15) is 36.0 Å². The number of nitrogens with zero attached hydrogens (tertiary/aromatic N) is 1. The largest absolute Gasteiger partial charge is 0.423 e. The molecule has 1 saturated heterocycles. The van der Waals surface area contributed by atoms with E-state index in [-0.39, 0.29) is 23.7 Å². The first-order chi connectivity index (χ1) is 12.6. The van der Waals surface area contributed by atoms with Crippen LogP contribution in [0.4, 0.5) is 5.69 Å². The van der Waals surface area contributed by atoms with Crippen molar-refractivity contribution in [2.75, 3.05) is 4.90 Å². The van der Waals surface area contributed by atoms with Gasteiger partial charge in [0.2, 0.25) is 11.8 Å². The molecule has 0 N–H and O–H groups in total. The Morgan fingerprint density at radius 3 is 2.19 bits per heavy atom. The lowest BCUT2D eigenvalue weighted by molar-refractivity contribution is -0.122. The van der Waals surface area contributed by atoms with E-state index in [1.54, 1.807) is 48.5 Å². The van der Waals surface area contributed by atoms with E-state index in [0.717, 1.165) is 25.7 Å². The number of anilines is 1. The summed E-state index contributed by atoms with van der Waals surface area (Å²) < 4.78 is 5.40. The maximum atomic E-state index is 12.7. The van der Waals surface area contributed by atoms with Crippen molar-refractivity contribution in [2.24, 2.45) is 11.8 Å². The lowest BCUT2D eigenvalue weighted by atomic mass is 9.81. The monoisotopic (exact) mass is 349 g/mol. The van der Waals surface area contributed by atoms with Crippen LogP contribution in [0.3, 0.4) is 0 Å². The van der Waals surface area contributed by atoms with Crippen molar-refractivity contribution in [1.82, 2.24) is 0 Å². The third kappa shape index (κ3) is 2.90. The maximum absolute atomic E-state index is 12.7. The first-order valence-electron chi connectivity index (χ1n) is 8.90. The SMILES string of the molecule is O=C(Oc1cccc(N2C(=O)C3CCCCC3C2=O)c1)c1ccccc1. The lowest BCUT2D eigenvalue weighted by Crippen LogP contribution is -2.30. The summed E-state index contributed by atoms with van der Waals surface area (Å²) in [5, 5.41) is 0. The van der Waals surface area contributed by atoms with E-state index in [0.29, 0.717) is 17.0 Å². The number of ether oxygens (including phenoxy) is 1. The van der Waals surface area contributed by atoms with Crippen molar-refractivity contribution in [3.8, 4) is 5.75 Å². The predicted molar refractivity (Wildman–Crippen MR) is 95.8 cm³/mol. The van der Waals surface area contributed by atoms with Gasteiger partial charge in [0.15, 0.2) is 0 Å². The first-order valence-corrected chi connectivity index (χ1v) is 8.90. The third-order valence-corrected chi connectivity index (χ3v) is 5.14. The molecule has 26 heavy (non-hydrogen) atoms. The fourth-order valence-corrected chi connectivity index (χ4v) is 3.84. The molecule has 0 radical (unpaired) electrons. The number of hydrogen-bond donors (Lipinski definition) is 0. The number of hydrogen-bond acceptors (Lipinski definition) is 4. The minimum atomic E-state index is -0.476. The van der Waals surface area contributed by atoms with Crippen molar-refractivity contribution >= 4 is 23.5 Å². The Morgan fingerprint density at radius 1 is 0.885 bits per heavy atom. The molecule has 0 aromatic heterocycles. The molecule has 2 amide bonds. The lowest BCUT2D eigenvalue weighted by Gasteiger charge is -2.19. The average molecular weight is 349 g/mol. The van der Waals surface area contributed by atoms with Gasteiger partial charge < -0.3 is 4.74 Å². The van der Waals surface area contributed by atoms with Gasteiger partial charge in [0, 0.05) is 6.07 Å². The summed E-state index contributed by atoms with van der Waals surface area (Å²) in [5.41, 5.74) is 0.907. The molecular formula is C21H19NO4. The zero-order valence-electron chi connectivity index (χ0n) is 14.3. The maximum Gasteiger partial charge on any atom is 0.343 e. The topological polar surface area (TPSA) is 63.7 Å². The van der Waals surface area contributed by atoms with Crippen LogP contribution in [-0.2, 0) is 9.59 Å². The van der Waals surface area contributed by atoms with Crippen molar-refractivity contribution in [3.05, 3.63) is 60.2 Å². The number of fused-ring (bicyclic) bond motifs is 1. The minimum Gasteiger partial charge on any atom is -0.423 e. The molecule has 132 valence electrons. The van der Waals surface area contributed by atoms with E-state index < -0.39 is 5.97 Å². The number of amides is 2. The standard InChI is InChI=1S/C21H19NO4/c23-19-17-11-4-5-12-18(17)20(24)22(19)15-9-6-10-16(13-15)26-21(25)14-7-2-1-3-8-14/h1-3,6-10,13,17-18H,4-5,11-12H2. The first kappa shape index (κ1) is 16.5. The van der Waals surface area contributed by atoms with Crippen molar-refractivity contribution in [2.45, 2.75) is 25.7 Å². The fourth-order valence-electron chi connectivity index (χ4n) is 3.84. The molecule has 1 heterocycles. The minimum absolute atomic E-state index is 0.133. The van der Waals surface area contributed by atoms with Gasteiger partial charge in [-0.3, -0.25) is 9.59 Å². The predicted octanol–water partition coefficient (Wildman–Crippen LogP) is 3.59. The Balaban J connectivity index is 1.57. The molecule has 2 aromatic rings. The summed E-state index contributed by atoms with van der Waals surface area (Å²) in [4.78, 5) is 38.9. The number of imide groups is 1. The van der Waals surface area contributed by atoms with Crippen LogP contribution in [0.5, 0.6) is 5.75 Å². The Hall–Kier alpha value is -2.95. The quantitative estimate of drug-likeness (QED) is 0.483. The Bertz CT molecular complexity index is 837. The van der Waals surface area contributed by atoms with Gasteiger partial charge in [0.1, 0.15) is 5.75 Å². The Morgan fingerprint density at radius 2 is 1.54 bits per heavy atom. The summed E-state index contributed by atoms with van der Waals surface area (Å²) in [5.74, 6) is -0.835. The molecule has 1 aliphatic heterocycles. The smallest absolute Gasteiger partial charge is 0.343 e. The molecule has 4 rings (SSSR count). The van der Waals surface area contributed by atoms with Gasteiger partial charge in [0.25, 0.3) is 0 Å². The molecule has 1 saturated carbocycles. The van der Waals surface area contributed by atoms with Crippen LogP contribution < -0.4 is 9.64 Å². The van der Waals surface area contributed by atoms with Crippen LogP contribution >= 0.6 is 0 Å². The summed E-state index contributed by atoms with van der Waals surface area (Å²) >= 11 is 0. The second-order valence-electron chi connectivity index (χ2n) is 6.76. The third-order valence-electron chi connectivity index (χ3n) is 5.14. The molecular weight excluding hydrogens is 330 g/mol. The van der Waals surface area contributed by atoms with E-state index in [2.05, 4.69) is 0 Å². The highest BCUT2D eigenvalue weighted by atomic mass is 16.5. The van der Waals surface area contributed by atoms with Gasteiger partial charge in [-0.1, -0.05) is 37.1 Å². The van der Waals surface area contributed by atoms with E-state index in [1.807, 2.05) is 6.07 Å². The number of esters is 1. The molecule has 2 aliphatic rings. The van der Waals surface area contributed by atoms with E-state index in [1.165, 1.54) is 4.90 Å². The highest BCUT2D eigenvalue weighted by Crippen LogP contribution is 2.40. The molecule has 2 unspecified atom stereocenters. The van der Waals surface area contributed by atoms with Crippen molar-refractivity contribution in [1.29, 1.82) is 0 Å². The molecule has 5 heteroatoms. The average Bonchev–Trinajstić information content (AvgIpc) is 2.94. The normalized spacial score (nSPS) is 22.2. The van der Waals surface area contributed by atoms with Gasteiger partial charge >= 0.3 is 5.97 Å². The summed E-state index contributed by atoms with van der Waals surface area (Å²) in [6, 6.07) is 15.3.